The Morgan fingerprint density at radius 2 is 1.88 bits per heavy atom. The molecule has 150 valence electrons. The average Bonchev–Trinajstić information content (AvgIpc) is 2.53. The SMILES string of the molecule is CCN(CCNC(=NC)NCc1ccccc1OC(F)(F)F)C(C)C.I. The molecule has 0 fully saturated rings. The summed E-state index contributed by atoms with van der Waals surface area (Å²) in [6.07, 6.45) is -4.71. The Bertz CT molecular complexity index is 553. The third kappa shape index (κ3) is 9.46. The molecule has 1 aromatic rings. The molecule has 0 aromatic heterocycles. The number of alkyl halides is 3. The molecule has 1 rings (SSSR count). The molecule has 1 aromatic carbocycles. The molecule has 0 amide bonds. The first kappa shape index (κ1) is 24.8. The van der Waals surface area contributed by atoms with Crippen LogP contribution in [0, 0.1) is 0 Å². The number of nitrogens with one attached hydrogen (secondary N) is 2. The van der Waals surface area contributed by atoms with E-state index < -0.39 is 6.36 Å². The lowest BCUT2D eigenvalue weighted by atomic mass is 10.2. The molecule has 0 aliphatic heterocycles. The molecule has 0 unspecified atom stereocenters. The van der Waals surface area contributed by atoms with Crippen molar-refractivity contribution < 1.29 is 17.9 Å². The Labute approximate surface area is 170 Å². The molecule has 0 aliphatic rings. The largest absolute Gasteiger partial charge is 0.573 e. The maximum Gasteiger partial charge on any atom is 0.573 e. The molecule has 0 bridgehead atoms. The zero-order valence-corrected chi connectivity index (χ0v) is 17.9. The molecule has 2 N–H and O–H groups in total. The zero-order chi connectivity index (χ0) is 18.9. The van der Waals surface area contributed by atoms with Crippen LogP contribution in [0.4, 0.5) is 13.2 Å². The van der Waals surface area contributed by atoms with Crippen molar-refractivity contribution in [1.29, 1.82) is 0 Å². The fourth-order valence-corrected chi connectivity index (χ4v) is 2.37. The van der Waals surface area contributed by atoms with Gasteiger partial charge in [0.2, 0.25) is 0 Å². The molecular formula is C17H28F3IN4O. The summed E-state index contributed by atoms with van der Waals surface area (Å²) in [5.41, 5.74) is 0.403. The minimum Gasteiger partial charge on any atom is -0.405 e. The summed E-state index contributed by atoms with van der Waals surface area (Å²) in [4.78, 5) is 6.39. The van der Waals surface area contributed by atoms with Gasteiger partial charge in [0, 0.05) is 38.3 Å². The van der Waals surface area contributed by atoms with Gasteiger partial charge in [-0.15, -0.1) is 37.1 Å². The maximum atomic E-state index is 12.4. The first-order chi connectivity index (χ1) is 11.8. The minimum absolute atomic E-state index is 0. The van der Waals surface area contributed by atoms with E-state index in [0.717, 1.165) is 13.1 Å². The molecule has 9 heteroatoms. The summed E-state index contributed by atoms with van der Waals surface area (Å²) < 4.78 is 41.4. The lowest BCUT2D eigenvalue weighted by Gasteiger charge is -2.25. The monoisotopic (exact) mass is 488 g/mol. The van der Waals surface area contributed by atoms with Crippen LogP contribution in [0.1, 0.15) is 26.3 Å². The van der Waals surface area contributed by atoms with Crippen LogP contribution < -0.4 is 15.4 Å². The van der Waals surface area contributed by atoms with Crippen molar-refractivity contribution in [2.24, 2.45) is 4.99 Å². The summed E-state index contributed by atoms with van der Waals surface area (Å²) in [6, 6.07) is 6.50. The van der Waals surface area contributed by atoms with Crippen molar-refractivity contribution in [3.63, 3.8) is 0 Å². The van der Waals surface area contributed by atoms with Crippen LogP contribution in [0.3, 0.4) is 0 Å². The highest BCUT2D eigenvalue weighted by molar-refractivity contribution is 14.0. The predicted octanol–water partition coefficient (Wildman–Crippen LogP) is 3.60. The van der Waals surface area contributed by atoms with Crippen LogP contribution >= 0.6 is 24.0 Å². The highest BCUT2D eigenvalue weighted by Gasteiger charge is 2.31. The lowest BCUT2D eigenvalue weighted by molar-refractivity contribution is -0.274. The second kappa shape index (κ2) is 12.2. The average molecular weight is 488 g/mol. The number of rotatable bonds is 8. The topological polar surface area (TPSA) is 48.9 Å². The standard InChI is InChI=1S/C17H27F3N4O.HI/c1-5-24(13(2)3)11-10-22-16(21-4)23-12-14-8-6-7-9-15(14)25-17(18,19)20;/h6-9,13H,5,10-12H2,1-4H3,(H2,21,22,23);1H. The second-order valence-corrected chi connectivity index (χ2v) is 5.73. The molecule has 0 radical (unpaired) electrons. The number of ether oxygens (including phenoxy) is 1. The van der Waals surface area contributed by atoms with Gasteiger partial charge in [0.1, 0.15) is 5.75 Å². The van der Waals surface area contributed by atoms with Gasteiger partial charge in [0.15, 0.2) is 5.96 Å². The third-order valence-corrected chi connectivity index (χ3v) is 3.70. The normalized spacial score (nSPS) is 12.1. The number of guanidine groups is 1. The van der Waals surface area contributed by atoms with Crippen LogP contribution in [0.5, 0.6) is 5.75 Å². The molecule has 26 heavy (non-hydrogen) atoms. The molecule has 5 nitrogen and oxygen atoms in total. The van der Waals surface area contributed by atoms with Gasteiger partial charge in [-0.25, -0.2) is 0 Å². The number of aliphatic imine (C=N–C) groups is 1. The van der Waals surface area contributed by atoms with Gasteiger partial charge < -0.3 is 15.4 Å². The molecule has 0 spiro atoms. The first-order valence-corrected chi connectivity index (χ1v) is 8.29. The highest BCUT2D eigenvalue weighted by atomic mass is 127. The van der Waals surface area contributed by atoms with E-state index in [1.807, 2.05) is 0 Å². The summed E-state index contributed by atoms with van der Waals surface area (Å²) >= 11 is 0. The van der Waals surface area contributed by atoms with E-state index >= 15 is 0 Å². The Morgan fingerprint density at radius 1 is 1.23 bits per heavy atom. The van der Waals surface area contributed by atoms with E-state index in [9.17, 15) is 13.2 Å². The summed E-state index contributed by atoms with van der Waals surface area (Å²) in [6.45, 7) is 9.03. The van der Waals surface area contributed by atoms with Crippen LogP contribution in [-0.2, 0) is 6.54 Å². The number of para-hydroxylation sites is 1. The maximum absolute atomic E-state index is 12.4. The van der Waals surface area contributed by atoms with Crippen LogP contribution in [0.2, 0.25) is 0 Å². The van der Waals surface area contributed by atoms with Gasteiger partial charge in [-0.3, -0.25) is 9.89 Å². The van der Waals surface area contributed by atoms with E-state index in [2.05, 4.69) is 46.0 Å². The Balaban J connectivity index is 0.00000625. The number of nitrogens with zero attached hydrogens (tertiary/aromatic N) is 2. The predicted molar refractivity (Wildman–Crippen MR) is 109 cm³/mol. The van der Waals surface area contributed by atoms with E-state index in [4.69, 9.17) is 0 Å². The van der Waals surface area contributed by atoms with Crippen LogP contribution in [0.15, 0.2) is 29.3 Å². The van der Waals surface area contributed by atoms with Crippen molar-refractivity contribution >= 4 is 29.9 Å². The third-order valence-electron chi connectivity index (χ3n) is 3.70. The molecule has 0 saturated heterocycles. The fraction of sp³-hybridized carbons (Fsp3) is 0.588. The molecule has 0 saturated carbocycles. The highest BCUT2D eigenvalue weighted by Crippen LogP contribution is 2.25. The van der Waals surface area contributed by atoms with Gasteiger partial charge in [0.05, 0.1) is 0 Å². The molecule has 0 atom stereocenters. The Kier molecular flexibility index (Phi) is 11.6. The summed E-state index contributed by atoms with van der Waals surface area (Å²) in [5.74, 6) is 0.316. The lowest BCUT2D eigenvalue weighted by Crippen LogP contribution is -2.42. The van der Waals surface area contributed by atoms with Gasteiger partial charge in [0.25, 0.3) is 0 Å². The van der Waals surface area contributed by atoms with E-state index in [0.29, 0.717) is 24.1 Å². The van der Waals surface area contributed by atoms with Gasteiger partial charge >= 0.3 is 6.36 Å². The molecular weight excluding hydrogens is 460 g/mol. The van der Waals surface area contributed by atoms with Crippen LogP contribution in [0.25, 0.3) is 0 Å². The molecule has 0 aliphatic carbocycles. The number of hydrogen-bond acceptors (Lipinski definition) is 3. The number of halogens is 4. The van der Waals surface area contributed by atoms with Crippen molar-refractivity contribution in [2.75, 3.05) is 26.7 Å². The van der Waals surface area contributed by atoms with E-state index in [1.165, 1.54) is 12.1 Å². The van der Waals surface area contributed by atoms with E-state index in [-0.39, 0.29) is 36.3 Å². The van der Waals surface area contributed by atoms with Crippen molar-refractivity contribution in [1.82, 2.24) is 15.5 Å². The Morgan fingerprint density at radius 3 is 2.42 bits per heavy atom. The Hall–Kier alpha value is -1.23. The molecule has 0 heterocycles. The summed E-state index contributed by atoms with van der Waals surface area (Å²) in [7, 11) is 1.62. The number of benzene rings is 1. The smallest absolute Gasteiger partial charge is 0.405 e. The number of hydrogen-bond donors (Lipinski definition) is 2. The van der Waals surface area contributed by atoms with Crippen LogP contribution in [-0.4, -0.2) is 49.9 Å². The first-order valence-electron chi connectivity index (χ1n) is 8.29. The van der Waals surface area contributed by atoms with Crippen molar-refractivity contribution in [2.45, 2.75) is 39.7 Å². The fourth-order valence-electron chi connectivity index (χ4n) is 2.37. The van der Waals surface area contributed by atoms with Gasteiger partial charge in [-0.05, 0) is 26.5 Å². The minimum atomic E-state index is -4.71. The van der Waals surface area contributed by atoms with Crippen molar-refractivity contribution in [3.05, 3.63) is 29.8 Å². The number of likely N-dealkylation sites (N-methyl/N-ethyl adjacent to an activating group) is 1. The quantitative estimate of drug-likeness (QED) is 0.334. The zero-order valence-electron chi connectivity index (χ0n) is 15.6. The van der Waals surface area contributed by atoms with E-state index in [1.54, 1.807) is 19.2 Å². The van der Waals surface area contributed by atoms with Gasteiger partial charge in [-0.1, -0.05) is 25.1 Å². The second-order valence-electron chi connectivity index (χ2n) is 5.73. The van der Waals surface area contributed by atoms with Gasteiger partial charge in [-0.2, -0.15) is 0 Å². The summed E-state index contributed by atoms with van der Waals surface area (Å²) in [5, 5.41) is 6.17. The van der Waals surface area contributed by atoms with Crippen molar-refractivity contribution in [3.8, 4) is 5.75 Å².